The SMILES string of the molecule is CC[C@H](C(=O)N[C@@H](C)CC)N(Cc1ccc(C)cc1)C(=O)CCCN(c1cccc(C)c1)S(C)(=O)=O. The van der Waals surface area contributed by atoms with Crippen LogP contribution in [0.2, 0.25) is 0 Å². The summed E-state index contributed by atoms with van der Waals surface area (Å²) in [5.74, 6) is -0.329. The Morgan fingerprint density at radius 3 is 2.19 bits per heavy atom. The average Bonchev–Trinajstić information content (AvgIpc) is 2.81. The van der Waals surface area contributed by atoms with Crippen molar-refractivity contribution in [2.75, 3.05) is 17.1 Å². The number of carbonyl (C=O) groups is 2. The van der Waals surface area contributed by atoms with Crippen LogP contribution in [-0.4, -0.2) is 50.0 Å². The van der Waals surface area contributed by atoms with Crippen molar-refractivity contribution in [3.63, 3.8) is 0 Å². The first kappa shape index (κ1) is 29.4. The number of rotatable bonds is 13. The van der Waals surface area contributed by atoms with E-state index < -0.39 is 16.1 Å². The second-order valence-electron chi connectivity index (χ2n) is 9.53. The molecule has 0 aromatic heterocycles. The zero-order valence-corrected chi connectivity index (χ0v) is 23.3. The topological polar surface area (TPSA) is 86.8 Å². The first-order valence-electron chi connectivity index (χ1n) is 12.7. The molecule has 2 aromatic rings. The molecule has 2 aromatic carbocycles. The van der Waals surface area contributed by atoms with Crippen LogP contribution in [0.5, 0.6) is 0 Å². The molecule has 0 radical (unpaired) electrons. The molecule has 0 unspecified atom stereocenters. The average molecular weight is 516 g/mol. The Kier molecular flexibility index (Phi) is 11.0. The van der Waals surface area contributed by atoms with Gasteiger partial charge in [0.05, 0.1) is 11.9 Å². The number of nitrogens with zero attached hydrogens (tertiary/aromatic N) is 2. The monoisotopic (exact) mass is 515 g/mol. The van der Waals surface area contributed by atoms with Crippen molar-refractivity contribution in [2.24, 2.45) is 0 Å². The van der Waals surface area contributed by atoms with E-state index in [2.05, 4.69) is 5.32 Å². The van der Waals surface area contributed by atoms with Crippen molar-refractivity contribution in [3.05, 3.63) is 65.2 Å². The van der Waals surface area contributed by atoms with Gasteiger partial charge in [-0.1, -0.05) is 55.8 Å². The molecule has 7 nitrogen and oxygen atoms in total. The number of sulfonamides is 1. The quantitative estimate of drug-likeness (QED) is 0.423. The summed E-state index contributed by atoms with van der Waals surface area (Å²) < 4.78 is 26.3. The van der Waals surface area contributed by atoms with Gasteiger partial charge >= 0.3 is 0 Å². The molecule has 0 aliphatic rings. The number of anilines is 1. The second kappa shape index (κ2) is 13.4. The lowest BCUT2D eigenvalue weighted by atomic mass is 10.1. The van der Waals surface area contributed by atoms with Gasteiger partial charge in [-0.05, 0) is 63.3 Å². The summed E-state index contributed by atoms with van der Waals surface area (Å²) in [4.78, 5) is 28.2. The predicted octanol–water partition coefficient (Wildman–Crippen LogP) is 4.57. The summed E-state index contributed by atoms with van der Waals surface area (Å²) in [6, 6.07) is 14.6. The van der Waals surface area contributed by atoms with E-state index >= 15 is 0 Å². The van der Waals surface area contributed by atoms with Crippen LogP contribution in [0.15, 0.2) is 48.5 Å². The van der Waals surface area contributed by atoms with Crippen molar-refractivity contribution in [2.45, 2.75) is 78.9 Å². The molecular formula is C28H41N3O4S. The highest BCUT2D eigenvalue weighted by Crippen LogP contribution is 2.21. The van der Waals surface area contributed by atoms with E-state index in [1.54, 1.807) is 11.0 Å². The molecule has 36 heavy (non-hydrogen) atoms. The number of carbonyl (C=O) groups excluding carboxylic acids is 2. The van der Waals surface area contributed by atoms with Crippen molar-refractivity contribution in [1.82, 2.24) is 10.2 Å². The molecule has 2 amide bonds. The van der Waals surface area contributed by atoms with Gasteiger partial charge < -0.3 is 10.2 Å². The van der Waals surface area contributed by atoms with Gasteiger partial charge in [-0.15, -0.1) is 0 Å². The van der Waals surface area contributed by atoms with Gasteiger partial charge in [0.1, 0.15) is 6.04 Å². The van der Waals surface area contributed by atoms with E-state index in [9.17, 15) is 18.0 Å². The normalized spacial score (nSPS) is 13.1. The highest BCUT2D eigenvalue weighted by Gasteiger charge is 2.29. The standard InChI is InChI=1S/C28H41N3O4S/c1-7-23(5)29-28(33)26(8-2)30(20-24-16-14-21(3)15-17-24)27(32)13-10-18-31(36(6,34)35)25-12-9-11-22(4)19-25/h9,11-12,14-17,19,23,26H,7-8,10,13,18,20H2,1-6H3,(H,29,33)/t23-,26+/m0/s1. The van der Waals surface area contributed by atoms with Crippen molar-refractivity contribution >= 4 is 27.5 Å². The summed E-state index contributed by atoms with van der Waals surface area (Å²) in [5.41, 5.74) is 3.61. The molecule has 0 spiro atoms. The molecule has 0 bridgehead atoms. The molecule has 0 saturated heterocycles. The Labute approximate surface area is 216 Å². The van der Waals surface area contributed by atoms with Crippen LogP contribution in [0.4, 0.5) is 5.69 Å². The summed E-state index contributed by atoms with van der Waals surface area (Å²) in [6.07, 6.45) is 2.94. The summed E-state index contributed by atoms with van der Waals surface area (Å²) in [6.45, 7) is 10.3. The van der Waals surface area contributed by atoms with E-state index in [0.29, 0.717) is 25.1 Å². The Morgan fingerprint density at radius 1 is 0.972 bits per heavy atom. The number of benzene rings is 2. The van der Waals surface area contributed by atoms with E-state index in [-0.39, 0.29) is 30.8 Å². The number of amides is 2. The largest absolute Gasteiger partial charge is 0.352 e. The lowest BCUT2D eigenvalue weighted by molar-refractivity contribution is -0.141. The van der Waals surface area contributed by atoms with Gasteiger partial charge in [-0.3, -0.25) is 13.9 Å². The molecule has 0 aliphatic heterocycles. The maximum atomic E-state index is 13.5. The van der Waals surface area contributed by atoms with Crippen LogP contribution in [0, 0.1) is 13.8 Å². The van der Waals surface area contributed by atoms with E-state index in [1.165, 1.54) is 10.6 Å². The Bertz CT molecular complexity index is 1120. The highest BCUT2D eigenvalue weighted by atomic mass is 32.2. The zero-order chi connectivity index (χ0) is 26.9. The Balaban J connectivity index is 2.22. The molecule has 0 heterocycles. The molecule has 0 saturated carbocycles. The first-order valence-corrected chi connectivity index (χ1v) is 14.5. The number of hydrogen-bond donors (Lipinski definition) is 1. The lowest BCUT2D eigenvalue weighted by Crippen LogP contribution is -2.50. The molecule has 8 heteroatoms. The lowest BCUT2D eigenvalue weighted by Gasteiger charge is -2.32. The molecular weight excluding hydrogens is 474 g/mol. The first-order chi connectivity index (χ1) is 17.0. The molecule has 0 aliphatic carbocycles. The van der Waals surface area contributed by atoms with E-state index in [1.807, 2.05) is 77.1 Å². The van der Waals surface area contributed by atoms with Crippen molar-refractivity contribution in [1.29, 1.82) is 0 Å². The third kappa shape index (κ3) is 8.66. The van der Waals surface area contributed by atoms with Gasteiger partial charge in [0.2, 0.25) is 21.8 Å². The summed E-state index contributed by atoms with van der Waals surface area (Å²) in [7, 11) is -3.51. The van der Waals surface area contributed by atoms with Crippen LogP contribution in [0.3, 0.4) is 0 Å². The fourth-order valence-corrected chi connectivity index (χ4v) is 5.00. The molecule has 1 N–H and O–H groups in total. The van der Waals surface area contributed by atoms with Gasteiger partial charge in [0, 0.05) is 25.6 Å². The zero-order valence-electron chi connectivity index (χ0n) is 22.5. The van der Waals surface area contributed by atoms with E-state index in [4.69, 9.17) is 0 Å². The number of hydrogen-bond acceptors (Lipinski definition) is 4. The smallest absolute Gasteiger partial charge is 0.243 e. The van der Waals surface area contributed by atoms with Crippen LogP contribution in [0.1, 0.15) is 63.1 Å². The highest BCUT2D eigenvalue weighted by molar-refractivity contribution is 7.92. The molecule has 0 fully saturated rings. The van der Waals surface area contributed by atoms with Crippen LogP contribution < -0.4 is 9.62 Å². The molecule has 2 atom stereocenters. The second-order valence-corrected chi connectivity index (χ2v) is 11.4. The van der Waals surface area contributed by atoms with Crippen LogP contribution in [-0.2, 0) is 26.2 Å². The van der Waals surface area contributed by atoms with Crippen LogP contribution in [0.25, 0.3) is 0 Å². The number of aryl methyl sites for hydroxylation is 2. The van der Waals surface area contributed by atoms with Gasteiger partial charge in [0.15, 0.2) is 0 Å². The molecule has 198 valence electrons. The van der Waals surface area contributed by atoms with E-state index in [0.717, 1.165) is 23.1 Å². The predicted molar refractivity (Wildman–Crippen MR) is 146 cm³/mol. The third-order valence-electron chi connectivity index (χ3n) is 6.30. The Morgan fingerprint density at radius 2 is 1.64 bits per heavy atom. The summed E-state index contributed by atoms with van der Waals surface area (Å²) in [5, 5.41) is 3.01. The summed E-state index contributed by atoms with van der Waals surface area (Å²) >= 11 is 0. The minimum absolute atomic E-state index is 0.0144. The Hall–Kier alpha value is -2.87. The fraction of sp³-hybridized carbons (Fsp3) is 0.500. The maximum Gasteiger partial charge on any atom is 0.243 e. The third-order valence-corrected chi connectivity index (χ3v) is 7.50. The van der Waals surface area contributed by atoms with Crippen LogP contribution >= 0.6 is 0 Å². The van der Waals surface area contributed by atoms with Gasteiger partial charge in [-0.2, -0.15) is 0 Å². The minimum Gasteiger partial charge on any atom is -0.352 e. The number of nitrogens with one attached hydrogen (secondary N) is 1. The van der Waals surface area contributed by atoms with Gasteiger partial charge in [0.25, 0.3) is 0 Å². The molecule has 2 rings (SSSR count). The van der Waals surface area contributed by atoms with Crippen molar-refractivity contribution in [3.8, 4) is 0 Å². The van der Waals surface area contributed by atoms with Crippen molar-refractivity contribution < 1.29 is 18.0 Å². The minimum atomic E-state index is -3.51. The maximum absolute atomic E-state index is 13.5. The van der Waals surface area contributed by atoms with Gasteiger partial charge in [-0.25, -0.2) is 8.42 Å². The fourth-order valence-electron chi connectivity index (χ4n) is 4.04.